The highest BCUT2D eigenvalue weighted by atomic mass is 35.5. The number of rotatable bonds is 5. The molecule has 0 radical (unpaired) electrons. The van der Waals surface area contributed by atoms with E-state index in [1.54, 1.807) is 17.2 Å². The summed E-state index contributed by atoms with van der Waals surface area (Å²) in [6, 6.07) is 1.77. The number of amides is 1. The molecular weight excluding hydrogens is 292 g/mol. The maximum absolute atomic E-state index is 12.8. The molecule has 0 aliphatic heterocycles. The molecule has 1 aliphatic carbocycles. The summed E-state index contributed by atoms with van der Waals surface area (Å²) < 4.78 is 6.53. The van der Waals surface area contributed by atoms with Crippen LogP contribution in [0.15, 0.2) is 12.3 Å². The Balaban J connectivity index is 2.25. The first kappa shape index (κ1) is 15.9. The van der Waals surface area contributed by atoms with Crippen LogP contribution >= 0.6 is 11.6 Å². The number of hydrogen-bond acceptors (Lipinski definition) is 3. The van der Waals surface area contributed by atoms with Gasteiger partial charge in [0.25, 0.3) is 5.91 Å². The van der Waals surface area contributed by atoms with Crippen LogP contribution in [-0.2, 0) is 16.1 Å². The van der Waals surface area contributed by atoms with Crippen LogP contribution in [0.1, 0.15) is 43.1 Å². The third-order valence-corrected chi connectivity index (χ3v) is 4.18. The number of aromatic nitrogens is 1. The number of ether oxygens (including phenoxy) is 1. The molecule has 5 nitrogen and oxygen atoms in total. The van der Waals surface area contributed by atoms with E-state index in [2.05, 4.69) is 0 Å². The van der Waals surface area contributed by atoms with Crippen molar-refractivity contribution in [2.45, 2.75) is 45.2 Å². The van der Waals surface area contributed by atoms with Gasteiger partial charge in [0.2, 0.25) is 0 Å². The SMILES string of the molecule is CCn1cc(Cl)cc1C(=O)N(CC(=O)OC)C1CCCC1. The van der Waals surface area contributed by atoms with Crippen molar-refractivity contribution in [2.75, 3.05) is 13.7 Å². The molecule has 0 saturated heterocycles. The average Bonchev–Trinajstić information content (AvgIpc) is 3.12. The molecule has 0 unspecified atom stereocenters. The number of carbonyl (C=O) groups excluding carboxylic acids is 2. The highest BCUT2D eigenvalue weighted by Crippen LogP contribution is 2.26. The Morgan fingerprint density at radius 2 is 2.10 bits per heavy atom. The predicted molar refractivity (Wildman–Crippen MR) is 80.4 cm³/mol. The first-order chi connectivity index (χ1) is 10.1. The number of carbonyl (C=O) groups is 2. The van der Waals surface area contributed by atoms with E-state index in [4.69, 9.17) is 16.3 Å². The van der Waals surface area contributed by atoms with E-state index in [9.17, 15) is 9.59 Å². The Morgan fingerprint density at radius 1 is 1.43 bits per heavy atom. The summed E-state index contributed by atoms with van der Waals surface area (Å²) in [4.78, 5) is 26.1. The van der Waals surface area contributed by atoms with E-state index in [1.807, 2.05) is 11.5 Å². The smallest absolute Gasteiger partial charge is 0.325 e. The lowest BCUT2D eigenvalue weighted by molar-refractivity contribution is -0.141. The average molecular weight is 313 g/mol. The molecule has 21 heavy (non-hydrogen) atoms. The van der Waals surface area contributed by atoms with Crippen LogP contribution in [-0.4, -0.2) is 41.0 Å². The minimum atomic E-state index is -0.393. The topological polar surface area (TPSA) is 51.5 Å². The summed E-state index contributed by atoms with van der Waals surface area (Å²) in [5, 5.41) is 0.532. The van der Waals surface area contributed by atoms with Crippen molar-refractivity contribution in [3.05, 3.63) is 23.0 Å². The lowest BCUT2D eigenvalue weighted by Crippen LogP contribution is -2.43. The van der Waals surface area contributed by atoms with Crippen LogP contribution in [0, 0.1) is 0 Å². The van der Waals surface area contributed by atoms with Gasteiger partial charge in [-0.2, -0.15) is 0 Å². The fraction of sp³-hybridized carbons (Fsp3) is 0.600. The van der Waals surface area contributed by atoms with Crippen molar-refractivity contribution in [3.8, 4) is 0 Å². The van der Waals surface area contributed by atoms with Crippen molar-refractivity contribution in [1.29, 1.82) is 0 Å². The zero-order valence-electron chi connectivity index (χ0n) is 12.5. The summed E-state index contributed by atoms with van der Waals surface area (Å²) in [5.74, 6) is -0.544. The fourth-order valence-electron chi connectivity index (χ4n) is 2.85. The van der Waals surface area contributed by atoms with Gasteiger partial charge < -0.3 is 14.2 Å². The largest absolute Gasteiger partial charge is 0.468 e. The minimum Gasteiger partial charge on any atom is -0.468 e. The van der Waals surface area contributed by atoms with E-state index in [0.717, 1.165) is 25.7 Å². The fourth-order valence-corrected chi connectivity index (χ4v) is 3.07. The molecule has 2 rings (SSSR count). The van der Waals surface area contributed by atoms with Crippen LogP contribution in [0.5, 0.6) is 0 Å². The molecule has 6 heteroatoms. The van der Waals surface area contributed by atoms with Crippen LogP contribution < -0.4 is 0 Å². The standard InChI is InChI=1S/C15H21ClN2O3/c1-3-17-9-11(16)8-13(17)15(20)18(10-14(19)21-2)12-6-4-5-7-12/h8-9,12H,3-7,10H2,1-2H3. The number of halogens is 1. The molecule has 0 aromatic carbocycles. The lowest BCUT2D eigenvalue weighted by Gasteiger charge is -2.28. The van der Waals surface area contributed by atoms with Gasteiger partial charge in [-0.1, -0.05) is 24.4 Å². The predicted octanol–water partition coefficient (Wildman–Crippen LogP) is 2.72. The Kier molecular flexibility index (Phi) is 5.28. The molecular formula is C15H21ClN2O3. The first-order valence-corrected chi connectivity index (χ1v) is 7.68. The monoisotopic (exact) mass is 312 g/mol. The summed E-state index contributed by atoms with van der Waals surface area (Å²) in [6.07, 6.45) is 5.78. The number of nitrogens with zero attached hydrogens (tertiary/aromatic N) is 2. The van der Waals surface area contributed by atoms with Crippen molar-refractivity contribution in [3.63, 3.8) is 0 Å². The van der Waals surface area contributed by atoms with E-state index in [0.29, 0.717) is 17.3 Å². The van der Waals surface area contributed by atoms with Crippen LogP contribution in [0.2, 0.25) is 5.02 Å². The lowest BCUT2D eigenvalue weighted by atomic mass is 10.2. The van der Waals surface area contributed by atoms with Gasteiger partial charge in [-0.25, -0.2) is 0 Å². The molecule has 1 aromatic heterocycles. The van der Waals surface area contributed by atoms with Crippen molar-refractivity contribution in [1.82, 2.24) is 9.47 Å². The van der Waals surface area contributed by atoms with Gasteiger partial charge >= 0.3 is 5.97 Å². The Labute approximate surface area is 129 Å². The Bertz CT molecular complexity index is 521. The van der Waals surface area contributed by atoms with Gasteiger partial charge in [-0.3, -0.25) is 9.59 Å². The molecule has 0 bridgehead atoms. The first-order valence-electron chi connectivity index (χ1n) is 7.30. The van der Waals surface area contributed by atoms with Crippen molar-refractivity contribution in [2.24, 2.45) is 0 Å². The van der Waals surface area contributed by atoms with Gasteiger partial charge in [0, 0.05) is 18.8 Å². The number of esters is 1. The number of methoxy groups -OCH3 is 1. The normalized spacial score (nSPS) is 15.2. The molecule has 1 aromatic rings. The third kappa shape index (κ3) is 3.59. The van der Waals surface area contributed by atoms with Crippen molar-refractivity contribution >= 4 is 23.5 Å². The Hall–Kier alpha value is -1.49. The number of hydrogen-bond donors (Lipinski definition) is 0. The molecule has 1 heterocycles. The molecule has 1 saturated carbocycles. The quantitative estimate of drug-likeness (QED) is 0.786. The van der Waals surface area contributed by atoms with Gasteiger partial charge in [0.05, 0.1) is 12.1 Å². The molecule has 0 spiro atoms. The molecule has 116 valence electrons. The van der Waals surface area contributed by atoms with E-state index >= 15 is 0 Å². The second-order valence-corrected chi connectivity index (χ2v) is 5.71. The molecule has 0 atom stereocenters. The van der Waals surface area contributed by atoms with Crippen LogP contribution in [0.4, 0.5) is 0 Å². The highest BCUT2D eigenvalue weighted by molar-refractivity contribution is 6.31. The van der Waals surface area contributed by atoms with E-state index < -0.39 is 5.97 Å². The number of aryl methyl sites for hydroxylation is 1. The maximum atomic E-state index is 12.8. The van der Waals surface area contributed by atoms with E-state index in [1.165, 1.54) is 7.11 Å². The summed E-state index contributed by atoms with van der Waals surface area (Å²) in [6.45, 7) is 2.60. The molecule has 1 aliphatic rings. The summed E-state index contributed by atoms with van der Waals surface area (Å²) in [5.41, 5.74) is 0.526. The molecule has 1 amide bonds. The molecule has 0 N–H and O–H groups in total. The van der Waals surface area contributed by atoms with Gasteiger partial charge in [0.1, 0.15) is 12.2 Å². The third-order valence-electron chi connectivity index (χ3n) is 3.98. The zero-order valence-corrected chi connectivity index (χ0v) is 13.2. The van der Waals surface area contributed by atoms with Gasteiger partial charge in [-0.05, 0) is 25.8 Å². The second-order valence-electron chi connectivity index (χ2n) is 5.28. The second kappa shape index (κ2) is 6.98. The van der Waals surface area contributed by atoms with Gasteiger partial charge in [-0.15, -0.1) is 0 Å². The zero-order chi connectivity index (χ0) is 15.4. The molecule has 1 fully saturated rings. The summed E-state index contributed by atoms with van der Waals surface area (Å²) in [7, 11) is 1.34. The Morgan fingerprint density at radius 3 is 2.67 bits per heavy atom. The summed E-state index contributed by atoms with van der Waals surface area (Å²) >= 11 is 6.00. The van der Waals surface area contributed by atoms with Crippen molar-refractivity contribution < 1.29 is 14.3 Å². The highest BCUT2D eigenvalue weighted by Gasteiger charge is 2.30. The van der Waals surface area contributed by atoms with E-state index in [-0.39, 0.29) is 18.5 Å². The minimum absolute atomic E-state index is 0.00743. The van der Waals surface area contributed by atoms with Gasteiger partial charge in [0.15, 0.2) is 0 Å². The van der Waals surface area contributed by atoms with Crippen LogP contribution in [0.25, 0.3) is 0 Å². The maximum Gasteiger partial charge on any atom is 0.325 e. The van der Waals surface area contributed by atoms with Crippen LogP contribution in [0.3, 0.4) is 0 Å².